The summed E-state index contributed by atoms with van der Waals surface area (Å²) in [5.74, 6) is 0.685. The summed E-state index contributed by atoms with van der Waals surface area (Å²) in [4.78, 5) is 4.88. The number of anilines is 6. The molecule has 2 aliphatic rings. The quantitative estimate of drug-likeness (QED) is 0.0797. The molecule has 1 heterocycles. The Bertz CT molecular complexity index is 2480. The third kappa shape index (κ3) is 7.90. The van der Waals surface area contributed by atoms with Gasteiger partial charge in [0, 0.05) is 39.5 Å². The molecule has 0 aromatic heterocycles. The summed E-state index contributed by atoms with van der Waals surface area (Å²) < 4.78 is 0. The van der Waals surface area contributed by atoms with E-state index in [4.69, 9.17) is 0 Å². The highest BCUT2D eigenvalue weighted by Gasteiger charge is 2.38. The molecule has 308 valence electrons. The third-order valence-electron chi connectivity index (χ3n) is 14.2. The number of nitrogens with zero attached hydrogens (tertiary/aromatic N) is 2. The second-order valence-electron chi connectivity index (χ2n) is 18.2. The highest BCUT2D eigenvalue weighted by atomic mass is 28.3. The van der Waals surface area contributed by atoms with E-state index in [0.717, 1.165) is 24.2 Å². The third-order valence-corrected chi connectivity index (χ3v) is 17.8. The van der Waals surface area contributed by atoms with Gasteiger partial charge in [-0.3, -0.25) is 0 Å². The van der Waals surface area contributed by atoms with Crippen LogP contribution in [0.4, 0.5) is 34.1 Å². The van der Waals surface area contributed by atoms with Gasteiger partial charge in [-0.15, -0.1) is 0 Å². The monoisotopic (exact) mass is 814 g/mol. The molecule has 0 radical (unpaired) electrons. The molecule has 3 heteroatoms. The van der Waals surface area contributed by atoms with Crippen LogP contribution in [0.25, 0.3) is 11.1 Å². The van der Waals surface area contributed by atoms with E-state index in [9.17, 15) is 0 Å². The minimum atomic E-state index is -1.86. The summed E-state index contributed by atoms with van der Waals surface area (Å²) >= 11 is 0. The maximum absolute atomic E-state index is 2.53. The lowest BCUT2D eigenvalue weighted by Gasteiger charge is -2.36. The minimum absolute atomic E-state index is 0.0992. The van der Waals surface area contributed by atoms with Gasteiger partial charge in [-0.25, -0.2) is 0 Å². The summed E-state index contributed by atoms with van der Waals surface area (Å²) in [7, 11) is -1.86. The van der Waals surface area contributed by atoms with Crippen LogP contribution in [-0.4, -0.2) is 8.07 Å². The number of unbranched alkanes of at least 4 members (excludes halogenated alkanes) is 2. The van der Waals surface area contributed by atoms with Crippen molar-refractivity contribution in [2.75, 3.05) is 9.80 Å². The van der Waals surface area contributed by atoms with Gasteiger partial charge in [0.15, 0.2) is 0 Å². The summed E-state index contributed by atoms with van der Waals surface area (Å²) in [6.45, 7) is 9.75. The van der Waals surface area contributed by atoms with E-state index in [1.54, 1.807) is 5.19 Å². The SMILES string of the molecule is CCCCCC(CC)(c1ccc(N(c2ccccc2)c2ccccc2)cc1)c1ccc(N(c2ccc(C3CCCCC3)cc2)c2ccc3c(c2)[Si](C)(C)c2ccccc2-3)cc1. The Kier molecular flexibility index (Phi) is 11.9. The maximum Gasteiger partial charge on any atom is 0.113 e. The zero-order chi connectivity index (χ0) is 41.8. The lowest BCUT2D eigenvalue weighted by molar-refractivity contribution is 0.431. The smallest absolute Gasteiger partial charge is 0.113 e. The molecular formula is C58H62N2Si. The van der Waals surface area contributed by atoms with Crippen LogP contribution < -0.4 is 20.2 Å². The number of benzene rings is 7. The van der Waals surface area contributed by atoms with Crippen molar-refractivity contribution in [3.05, 3.63) is 193 Å². The first-order chi connectivity index (χ1) is 29.9. The van der Waals surface area contributed by atoms with Crippen molar-refractivity contribution < 1.29 is 0 Å². The number of para-hydroxylation sites is 2. The minimum Gasteiger partial charge on any atom is -0.311 e. The highest BCUT2D eigenvalue weighted by molar-refractivity contribution is 7.03. The van der Waals surface area contributed by atoms with Crippen molar-refractivity contribution in [1.82, 2.24) is 0 Å². The standard InChI is InChI=1S/C58H62N2Si/c1-5-7-19-42-58(6-2,46-30-36-51(37-31-46)59(48-22-13-9-14-23-48)49-24-15-10-16-25-49)47-32-38-52(39-33-47)60(50-34-28-45(29-35-50)44-20-11-8-12-21-44)53-40-41-55-54-26-17-18-27-56(54)61(3,4)57(55)43-53/h9-10,13-18,22-41,43-44H,5-8,11-12,19-21,42H2,1-4H3. The van der Waals surface area contributed by atoms with Crippen LogP contribution in [0.1, 0.15) is 101 Å². The largest absolute Gasteiger partial charge is 0.311 e. The van der Waals surface area contributed by atoms with Crippen LogP contribution >= 0.6 is 0 Å². The van der Waals surface area contributed by atoms with Crippen LogP contribution in [0, 0.1) is 0 Å². The van der Waals surface area contributed by atoms with Crippen molar-refractivity contribution in [1.29, 1.82) is 0 Å². The Morgan fingerprint density at radius 1 is 0.475 bits per heavy atom. The van der Waals surface area contributed by atoms with Gasteiger partial charge in [0.1, 0.15) is 8.07 Å². The van der Waals surface area contributed by atoms with E-state index in [1.165, 1.54) is 107 Å². The van der Waals surface area contributed by atoms with E-state index in [2.05, 4.69) is 213 Å². The summed E-state index contributed by atoms with van der Waals surface area (Å²) in [5, 5.41) is 3.09. The van der Waals surface area contributed by atoms with Gasteiger partial charge < -0.3 is 9.80 Å². The topological polar surface area (TPSA) is 6.48 Å². The van der Waals surface area contributed by atoms with Gasteiger partial charge in [0.2, 0.25) is 0 Å². The normalized spacial score (nSPS) is 15.4. The molecule has 61 heavy (non-hydrogen) atoms. The first kappa shape index (κ1) is 40.7. The van der Waals surface area contributed by atoms with Gasteiger partial charge in [0.25, 0.3) is 0 Å². The predicted octanol–water partition coefficient (Wildman–Crippen LogP) is 15.8. The Balaban J connectivity index is 1.10. The van der Waals surface area contributed by atoms with Crippen LogP contribution in [-0.2, 0) is 5.41 Å². The summed E-state index contributed by atoms with van der Waals surface area (Å²) in [6.07, 6.45) is 12.5. The molecule has 9 rings (SSSR count). The molecule has 1 aliphatic carbocycles. The van der Waals surface area contributed by atoms with Gasteiger partial charge in [-0.2, -0.15) is 0 Å². The Morgan fingerprint density at radius 3 is 1.51 bits per heavy atom. The molecule has 7 aromatic rings. The number of hydrogen-bond donors (Lipinski definition) is 0. The predicted molar refractivity (Wildman–Crippen MR) is 265 cm³/mol. The Labute approximate surface area is 367 Å². The summed E-state index contributed by atoms with van der Waals surface area (Å²) in [5.41, 5.74) is 14.2. The average Bonchev–Trinajstić information content (AvgIpc) is 3.55. The summed E-state index contributed by atoms with van der Waals surface area (Å²) in [6, 6.07) is 66.7. The molecule has 1 aliphatic heterocycles. The molecule has 0 bridgehead atoms. The van der Waals surface area contributed by atoms with Crippen LogP contribution in [0.15, 0.2) is 176 Å². The zero-order valence-electron chi connectivity index (χ0n) is 36.8. The molecular weight excluding hydrogens is 753 g/mol. The molecule has 0 amide bonds. The van der Waals surface area contributed by atoms with Crippen LogP contribution in [0.5, 0.6) is 0 Å². The van der Waals surface area contributed by atoms with E-state index in [1.807, 2.05) is 0 Å². The fourth-order valence-electron chi connectivity index (χ4n) is 10.8. The first-order valence-corrected chi connectivity index (χ1v) is 26.2. The van der Waals surface area contributed by atoms with Crippen molar-refractivity contribution in [3.8, 4) is 11.1 Å². The van der Waals surface area contributed by atoms with Crippen molar-refractivity contribution in [2.45, 2.75) is 102 Å². The average molecular weight is 815 g/mol. The molecule has 0 saturated heterocycles. The van der Waals surface area contributed by atoms with E-state index in [0.29, 0.717) is 5.92 Å². The Hall–Kier alpha value is -5.64. The number of fused-ring (bicyclic) bond motifs is 3. The van der Waals surface area contributed by atoms with Gasteiger partial charge in [0.05, 0.1) is 0 Å². The van der Waals surface area contributed by atoms with Gasteiger partial charge >= 0.3 is 0 Å². The number of rotatable bonds is 14. The van der Waals surface area contributed by atoms with Crippen molar-refractivity contribution in [2.24, 2.45) is 0 Å². The van der Waals surface area contributed by atoms with E-state index in [-0.39, 0.29) is 5.41 Å². The molecule has 7 aromatic carbocycles. The van der Waals surface area contributed by atoms with Crippen molar-refractivity contribution in [3.63, 3.8) is 0 Å². The molecule has 0 spiro atoms. The van der Waals surface area contributed by atoms with Gasteiger partial charge in [-0.1, -0.05) is 169 Å². The van der Waals surface area contributed by atoms with E-state index >= 15 is 0 Å². The fraction of sp³-hybridized carbons (Fsp3) is 0.276. The van der Waals surface area contributed by atoms with Crippen molar-refractivity contribution >= 4 is 52.6 Å². The molecule has 1 fully saturated rings. The van der Waals surface area contributed by atoms with Crippen LogP contribution in [0.2, 0.25) is 13.1 Å². The molecule has 1 saturated carbocycles. The zero-order valence-corrected chi connectivity index (χ0v) is 37.8. The maximum atomic E-state index is 2.53. The lowest BCUT2D eigenvalue weighted by atomic mass is 9.69. The Morgan fingerprint density at radius 2 is 0.951 bits per heavy atom. The van der Waals surface area contributed by atoms with E-state index < -0.39 is 8.07 Å². The molecule has 0 N–H and O–H groups in total. The second kappa shape index (κ2) is 17.8. The molecule has 1 atom stereocenters. The second-order valence-corrected chi connectivity index (χ2v) is 22.5. The lowest BCUT2D eigenvalue weighted by Crippen LogP contribution is -2.49. The van der Waals surface area contributed by atoms with Crippen LogP contribution in [0.3, 0.4) is 0 Å². The van der Waals surface area contributed by atoms with Gasteiger partial charge in [-0.05, 0) is 143 Å². The highest BCUT2D eigenvalue weighted by Crippen LogP contribution is 2.45. The fourth-order valence-corrected chi connectivity index (χ4v) is 13.9. The molecule has 2 nitrogen and oxygen atoms in total. The number of hydrogen-bond acceptors (Lipinski definition) is 2. The first-order valence-electron chi connectivity index (χ1n) is 23.2. The molecule has 1 unspecified atom stereocenters.